The largest absolute Gasteiger partial charge is 0.339 e. The molecule has 0 spiro atoms. The van der Waals surface area contributed by atoms with Crippen molar-refractivity contribution in [1.29, 1.82) is 0 Å². The highest BCUT2D eigenvalue weighted by Crippen LogP contribution is 2.38. The molecule has 0 bridgehead atoms. The summed E-state index contributed by atoms with van der Waals surface area (Å²) < 4.78 is 0. The van der Waals surface area contributed by atoms with Crippen LogP contribution in [0.15, 0.2) is 12.5 Å². The summed E-state index contributed by atoms with van der Waals surface area (Å²) in [7, 11) is 0. The third-order valence-electron chi connectivity index (χ3n) is 3.39. The van der Waals surface area contributed by atoms with Gasteiger partial charge >= 0.3 is 0 Å². The number of imidazole rings is 1. The highest BCUT2D eigenvalue weighted by atomic mass is 15.0. The number of nitrogens with zero attached hydrogens (tertiary/aromatic N) is 3. The first-order valence-electron chi connectivity index (χ1n) is 5.50. The molecular formula is C11H14N4. The summed E-state index contributed by atoms with van der Waals surface area (Å²) in [6.07, 6.45) is 7.21. The van der Waals surface area contributed by atoms with Crippen LogP contribution in [0, 0.1) is 5.92 Å². The van der Waals surface area contributed by atoms with Crippen molar-refractivity contribution in [3.8, 4) is 0 Å². The Bertz CT molecular complexity index is 443. The van der Waals surface area contributed by atoms with Crippen molar-refractivity contribution in [3.63, 3.8) is 0 Å². The second-order valence-corrected chi connectivity index (χ2v) is 4.40. The number of aromatic amines is 1. The van der Waals surface area contributed by atoms with Crippen LogP contribution in [0.4, 0.5) is 0 Å². The first kappa shape index (κ1) is 8.83. The van der Waals surface area contributed by atoms with E-state index in [0.29, 0.717) is 5.92 Å². The van der Waals surface area contributed by atoms with E-state index in [2.05, 4.69) is 26.9 Å². The maximum atomic E-state index is 4.54. The van der Waals surface area contributed by atoms with Gasteiger partial charge in [0.1, 0.15) is 17.7 Å². The fourth-order valence-corrected chi connectivity index (χ4v) is 2.51. The number of nitrogens with one attached hydrogen (secondary N) is 1. The SMILES string of the molecule is CC1CCCC1c1nc2ncncc2[nH]1. The van der Waals surface area contributed by atoms with E-state index in [4.69, 9.17) is 0 Å². The third kappa shape index (κ3) is 1.40. The van der Waals surface area contributed by atoms with Crippen molar-refractivity contribution < 1.29 is 0 Å². The van der Waals surface area contributed by atoms with Gasteiger partial charge in [-0.3, -0.25) is 0 Å². The van der Waals surface area contributed by atoms with Gasteiger partial charge in [0.15, 0.2) is 5.65 Å². The highest BCUT2D eigenvalue weighted by molar-refractivity contribution is 5.68. The Labute approximate surface area is 88.2 Å². The number of fused-ring (bicyclic) bond motifs is 1. The lowest BCUT2D eigenvalue weighted by Crippen LogP contribution is -2.03. The van der Waals surface area contributed by atoms with Gasteiger partial charge in [0, 0.05) is 5.92 Å². The van der Waals surface area contributed by atoms with Crippen LogP contribution in [0.1, 0.15) is 37.9 Å². The van der Waals surface area contributed by atoms with E-state index in [0.717, 1.165) is 22.9 Å². The number of rotatable bonds is 1. The van der Waals surface area contributed by atoms with E-state index in [1.807, 2.05) is 0 Å². The van der Waals surface area contributed by atoms with Gasteiger partial charge in [-0.2, -0.15) is 0 Å². The standard InChI is InChI=1S/C11H14N4/c1-7-3-2-4-8(7)10-14-9-5-12-6-13-11(9)15-10/h5-8H,2-4H2,1H3,(H,12,13,14,15). The summed E-state index contributed by atoms with van der Waals surface area (Å²) in [5.74, 6) is 2.41. The maximum Gasteiger partial charge on any atom is 0.180 e. The molecule has 3 rings (SSSR count). The number of aromatic nitrogens is 4. The molecule has 78 valence electrons. The fraction of sp³-hybridized carbons (Fsp3) is 0.545. The van der Waals surface area contributed by atoms with Crippen LogP contribution in [0.25, 0.3) is 11.2 Å². The van der Waals surface area contributed by atoms with Crippen LogP contribution in [-0.2, 0) is 0 Å². The first-order valence-corrected chi connectivity index (χ1v) is 5.50. The van der Waals surface area contributed by atoms with Gasteiger partial charge in [-0.25, -0.2) is 15.0 Å². The van der Waals surface area contributed by atoms with Crippen molar-refractivity contribution in [2.24, 2.45) is 5.92 Å². The molecule has 1 saturated carbocycles. The zero-order valence-corrected chi connectivity index (χ0v) is 8.77. The van der Waals surface area contributed by atoms with Crippen LogP contribution < -0.4 is 0 Å². The Morgan fingerprint density at radius 2 is 2.33 bits per heavy atom. The second-order valence-electron chi connectivity index (χ2n) is 4.40. The van der Waals surface area contributed by atoms with E-state index in [-0.39, 0.29) is 0 Å². The monoisotopic (exact) mass is 202 g/mol. The lowest BCUT2D eigenvalue weighted by atomic mass is 9.98. The minimum atomic E-state index is 0.583. The van der Waals surface area contributed by atoms with Crippen LogP contribution in [0.3, 0.4) is 0 Å². The molecule has 4 nitrogen and oxygen atoms in total. The first-order chi connectivity index (χ1) is 7.34. The van der Waals surface area contributed by atoms with E-state index in [1.54, 1.807) is 12.5 Å². The van der Waals surface area contributed by atoms with Gasteiger partial charge in [-0.05, 0) is 18.8 Å². The second kappa shape index (κ2) is 3.29. The van der Waals surface area contributed by atoms with Crippen molar-refractivity contribution in [3.05, 3.63) is 18.3 Å². The Kier molecular flexibility index (Phi) is 1.94. The predicted molar refractivity (Wildman–Crippen MR) is 57.4 cm³/mol. The minimum absolute atomic E-state index is 0.583. The Hall–Kier alpha value is -1.45. The molecule has 2 aromatic rings. The quantitative estimate of drug-likeness (QED) is 0.771. The lowest BCUT2D eigenvalue weighted by Gasteiger charge is -2.11. The van der Waals surface area contributed by atoms with Crippen LogP contribution in [0.5, 0.6) is 0 Å². The zero-order valence-electron chi connectivity index (χ0n) is 8.77. The van der Waals surface area contributed by atoms with Gasteiger partial charge in [-0.15, -0.1) is 0 Å². The molecule has 2 aromatic heterocycles. The zero-order chi connectivity index (χ0) is 10.3. The number of hydrogen-bond acceptors (Lipinski definition) is 3. The molecule has 2 atom stereocenters. The molecule has 0 aliphatic heterocycles. The van der Waals surface area contributed by atoms with Crippen LogP contribution in [0.2, 0.25) is 0 Å². The topological polar surface area (TPSA) is 54.5 Å². The van der Waals surface area contributed by atoms with Gasteiger partial charge in [0.2, 0.25) is 0 Å². The predicted octanol–water partition coefficient (Wildman–Crippen LogP) is 2.26. The molecule has 4 heteroatoms. The Morgan fingerprint density at radius 3 is 3.07 bits per heavy atom. The van der Waals surface area contributed by atoms with Crippen molar-refractivity contribution in [2.45, 2.75) is 32.1 Å². The molecule has 15 heavy (non-hydrogen) atoms. The van der Waals surface area contributed by atoms with Gasteiger partial charge in [0.05, 0.1) is 6.20 Å². The molecule has 1 N–H and O–H groups in total. The average Bonchev–Trinajstić information content (AvgIpc) is 2.82. The lowest BCUT2D eigenvalue weighted by molar-refractivity contribution is 0.514. The minimum Gasteiger partial charge on any atom is -0.339 e. The molecule has 2 heterocycles. The molecule has 0 radical (unpaired) electrons. The van der Waals surface area contributed by atoms with Gasteiger partial charge < -0.3 is 4.98 Å². The molecule has 1 fully saturated rings. The summed E-state index contributed by atoms with van der Waals surface area (Å²) in [6.45, 7) is 2.30. The van der Waals surface area contributed by atoms with E-state index in [1.165, 1.54) is 19.3 Å². The fourth-order valence-electron chi connectivity index (χ4n) is 2.51. The third-order valence-corrected chi connectivity index (χ3v) is 3.39. The molecule has 1 aliphatic carbocycles. The molecular weight excluding hydrogens is 188 g/mol. The van der Waals surface area contributed by atoms with E-state index >= 15 is 0 Å². The average molecular weight is 202 g/mol. The summed E-state index contributed by atoms with van der Waals surface area (Å²) >= 11 is 0. The van der Waals surface area contributed by atoms with E-state index in [9.17, 15) is 0 Å². The number of H-pyrrole nitrogens is 1. The number of hydrogen-bond donors (Lipinski definition) is 1. The van der Waals surface area contributed by atoms with E-state index < -0.39 is 0 Å². The van der Waals surface area contributed by atoms with Crippen molar-refractivity contribution in [1.82, 2.24) is 19.9 Å². The molecule has 0 amide bonds. The summed E-state index contributed by atoms with van der Waals surface area (Å²) in [6, 6.07) is 0. The smallest absolute Gasteiger partial charge is 0.180 e. The molecule has 1 aliphatic rings. The molecule has 0 saturated heterocycles. The van der Waals surface area contributed by atoms with Crippen molar-refractivity contribution >= 4 is 11.2 Å². The Morgan fingerprint density at radius 1 is 1.40 bits per heavy atom. The summed E-state index contributed by atoms with van der Waals surface area (Å²) in [5.41, 5.74) is 1.74. The van der Waals surface area contributed by atoms with Crippen LogP contribution >= 0.6 is 0 Å². The summed E-state index contributed by atoms with van der Waals surface area (Å²) in [5, 5.41) is 0. The van der Waals surface area contributed by atoms with Gasteiger partial charge in [-0.1, -0.05) is 13.3 Å². The highest BCUT2D eigenvalue weighted by Gasteiger charge is 2.27. The van der Waals surface area contributed by atoms with Crippen LogP contribution in [-0.4, -0.2) is 19.9 Å². The Balaban J connectivity index is 2.04. The van der Waals surface area contributed by atoms with Gasteiger partial charge in [0.25, 0.3) is 0 Å². The van der Waals surface area contributed by atoms with Crippen molar-refractivity contribution in [2.75, 3.05) is 0 Å². The molecule has 0 aromatic carbocycles. The maximum absolute atomic E-state index is 4.54. The summed E-state index contributed by atoms with van der Waals surface area (Å²) in [4.78, 5) is 16.0. The molecule has 2 unspecified atom stereocenters. The normalized spacial score (nSPS) is 26.2.